The van der Waals surface area contributed by atoms with E-state index in [1.807, 2.05) is 13.0 Å². The summed E-state index contributed by atoms with van der Waals surface area (Å²) >= 11 is 0. The van der Waals surface area contributed by atoms with E-state index in [9.17, 15) is 9.90 Å². The normalized spacial score (nSPS) is 42.7. The summed E-state index contributed by atoms with van der Waals surface area (Å²) in [6.07, 6.45) is 16.5. The molecule has 4 aliphatic rings. The van der Waals surface area contributed by atoms with Crippen LogP contribution in [0.15, 0.2) is 11.6 Å². The molecule has 3 saturated carbocycles. The summed E-state index contributed by atoms with van der Waals surface area (Å²) in [5.41, 5.74) is 1.77. The van der Waals surface area contributed by atoms with Crippen LogP contribution < -0.4 is 0 Å². The number of allylic oxidation sites excluding steroid dienone is 1. The molecule has 0 heterocycles. The van der Waals surface area contributed by atoms with Gasteiger partial charge in [0.25, 0.3) is 0 Å². The second-order valence-electron chi connectivity index (χ2n) is 12.0. The van der Waals surface area contributed by atoms with Crippen molar-refractivity contribution in [2.45, 2.75) is 110 Å². The number of carbonyl (C=O) groups is 1. The molecule has 0 amide bonds. The van der Waals surface area contributed by atoms with Crippen molar-refractivity contribution in [1.29, 1.82) is 5.26 Å². The van der Waals surface area contributed by atoms with Crippen LogP contribution in [0.3, 0.4) is 0 Å². The average molecular weight is 426 g/mol. The number of nitriles is 1. The lowest BCUT2D eigenvalue weighted by molar-refractivity contribution is -0.120. The number of unbranched alkanes of at least 4 members (excludes halogenated alkanes) is 3. The van der Waals surface area contributed by atoms with E-state index in [2.05, 4.69) is 19.9 Å². The van der Waals surface area contributed by atoms with Gasteiger partial charge in [-0.15, -0.1) is 0 Å². The number of ketones is 1. The Morgan fingerprint density at radius 2 is 1.90 bits per heavy atom. The quantitative estimate of drug-likeness (QED) is 0.467. The molecule has 1 unspecified atom stereocenters. The molecule has 0 bridgehead atoms. The second kappa shape index (κ2) is 9.01. The Bertz CT molecular complexity index is 751. The minimum atomic E-state index is -0.126. The van der Waals surface area contributed by atoms with E-state index in [4.69, 9.17) is 5.26 Å². The van der Waals surface area contributed by atoms with Crippen molar-refractivity contribution < 1.29 is 9.90 Å². The third-order valence-corrected chi connectivity index (χ3v) is 10.3. The number of carbonyl (C=O) groups excluding carboxylic acids is 1. The molecule has 3 nitrogen and oxygen atoms in total. The van der Waals surface area contributed by atoms with Crippen LogP contribution in [0, 0.1) is 51.8 Å². The molecule has 0 radical (unpaired) electrons. The van der Waals surface area contributed by atoms with Gasteiger partial charge in [0, 0.05) is 12.3 Å². The molecule has 172 valence electrons. The zero-order chi connectivity index (χ0) is 22.2. The van der Waals surface area contributed by atoms with Crippen molar-refractivity contribution in [3.05, 3.63) is 11.6 Å². The van der Waals surface area contributed by atoms with Gasteiger partial charge in [-0.3, -0.25) is 4.79 Å². The first-order valence-corrected chi connectivity index (χ1v) is 13.1. The SMILES string of the molecule is CC(C#N)CCCCCC[C@@H]1CC2=CC(=O)CC[C@]2(C)[C@H]2CC[C@]3(C)[C@@H](O)CC[C@H]3[C@H]12. The monoisotopic (exact) mass is 425 g/mol. The van der Waals surface area contributed by atoms with Crippen LogP contribution in [0.5, 0.6) is 0 Å². The summed E-state index contributed by atoms with van der Waals surface area (Å²) in [7, 11) is 0. The summed E-state index contributed by atoms with van der Waals surface area (Å²) in [6.45, 7) is 6.86. The van der Waals surface area contributed by atoms with Gasteiger partial charge in [-0.1, -0.05) is 45.1 Å². The molecule has 0 aromatic rings. The summed E-state index contributed by atoms with van der Waals surface area (Å²) < 4.78 is 0. The highest BCUT2D eigenvalue weighted by molar-refractivity contribution is 5.91. The van der Waals surface area contributed by atoms with Crippen LogP contribution in [-0.4, -0.2) is 17.0 Å². The van der Waals surface area contributed by atoms with E-state index in [0.717, 1.165) is 44.9 Å². The number of fused-ring (bicyclic) bond motifs is 5. The standard InChI is InChI=1S/C28H43NO2/c1-19(18-29)8-6-4-5-7-9-20-16-21-17-22(30)12-14-27(21,2)24-13-15-28(3)23(26(20)24)10-11-25(28)31/h17,19-20,23-26,31H,4-16H2,1-3H3/t19?,20-,23+,24+,25+,26+,27+,28+/m1/s1. The number of hydrogen-bond acceptors (Lipinski definition) is 3. The predicted octanol–water partition coefficient (Wildman–Crippen LogP) is 6.61. The van der Waals surface area contributed by atoms with Gasteiger partial charge in [-0.05, 0) is 98.9 Å². The molecular formula is C28H43NO2. The maximum absolute atomic E-state index is 12.3. The van der Waals surface area contributed by atoms with Crippen molar-refractivity contribution in [3.8, 4) is 6.07 Å². The molecule has 8 atom stereocenters. The molecule has 1 N–H and O–H groups in total. The second-order valence-corrected chi connectivity index (χ2v) is 12.0. The topological polar surface area (TPSA) is 61.1 Å². The third-order valence-electron chi connectivity index (χ3n) is 10.3. The van der Waals surface area contributed by atoms with Gasteiger partial charge in [-0.25, -0.2) is 0 Å². The van der Waals surface area contributed by atoms with Crippen molar-refractivity contribution in [2.75, 3.05) is 0 Å². The lowest BCUT2D eigenvalue weighted by Gasteiger charge is -2.60. The number of hydrogen-bond donors (Lipinski definition) is 1. The minimum absolute atomic E-state index is 0.106. The fourth-order valence-electron chi connectivity index (χ4n) is 8.25. The highest BCUT2D eigenvalue weighted by Crippen LogP contribution is 2.67. The summed E-state index contributed by atoms with van der Waals surface area (Å²) in [4.78, 5) is 12.3. The molecule has 0 saturated heterocycles. The van der Waals surface area contributed by atoms with Crippen LogP contribution >= 0.6 is 0 Å². The molecule has 3 heteroatoms. The van der Waals surface area contributed by atoms with E-state index in [1.165, 1.54) is 44.1 Å². The maximum Gasteiger partial charge on any atom is 0.155 e. The first kappa shape index (κ1) is 23.0. The van der Waals surface area contributed by atoms with Gasteiger partial charge in [0.15, 0.2) is 5.78 Å². The Labute approximate surface area is 189 Å². The largest absolute Gasteiger partial charge is 0.393 e. The molecule has 4 aliphatic carbocycles. The van der Waals surface area contributed by atoms with Gasteiger partial charge in [-0.2, -0.15) is 5.26 Å². The van der Waals surface area contributed by atoms with Gasteiger partial charge in [0.1, 0.15) is 0 Å². The third kappa shape index (κ3) is 4.15. The molecule has 0 aliphatic heterocycles. The van der Waals surface area contributed by atoms with Gasteiger partial charge in [0.05, 0.1) is 12.2 Å². The average Bonchev–Trinajstić information content (AvgIpc) is 3.05. The van der Waals surface area contributed by atoms with Crippen molar-refractivity contribution in [3.63, 3.8) is 0 Å². The molecule has 4 rings (SSSR count). The smallest absolute Gasteiger partial charge is 0.155 e. The first-order valence-electron chi connectivity index (χ1n) is 13.1. The molecular weight excluding hydrogens is 382 g/mol. The molecule has 0 spiro atoms. The van der Waals surface area contributed by atoms with E-state index < -0.39 is 0 Å². The highest BCUT2D eigenvalue weighted by Gasteiger charge is 2.60. The van der Waals surface area contributed by atoms with Crippen LogP contribution in [0.1, 0.15) is 104 Å². The number of aliphatic hydroxyl groups excluding tert-OH is 1. The van der Waals surface area contributed by atoms with E-state index in [1.54, 1.807) is 0 Å². The van der Waals surface area contributed by atoms with Gasteiger partial charge >= 0.3 is 0 Å². The Kier molecular flexibility index (Phi) is 6.69. The van der Waals surface area contributed by atoms with E-state index in [0.29, 0.717) is 29.5 Å². The first-order chi connectivity index (χ1) is 14.8. The van der Waals surface area contributed by atoms with E-state index in [-0.39, 0.29) is 22.9 Å². The Balaban J connectivity index is 1.48. The highest BCUT2D eigenvalue weighted by atomic mass is 16.3. The Morgan fingerprint density at radius 1 is 1.13 bits per heavy atom. The van der Waals surface area contributed by atoms with Crippen molar-refractivity contribution >= 4 is 5.78 Å². The summed E-state index contributed by atoms with van der Waals surface area (Å²) in [5, 5.41) is 19.8. The number of rotatable bonds is 7. The van der Waals surface area contributed by atoms with Crippen LogP contribution in [0.4, 0.5) is 0 Å². The Hall–Kier alpha value is -1.14. The number of nitrogens with zero attached hydrogens (tertiary/aromatic N) is 1. The molecule has 0 aromatic carbocycles. The van der Waals surface area contributed by atoms with Gasteiger partial charge < -0.3 is 5.11 Å². The minimum Gasteiger partial charge on any atom is -0.393 e. The fourth-order valence-corrected chi connectivity index (χ4v) is 8.25. The van der Waals surface area contributed by atoms with Crippen LogP contribution in [0.2, 0.25) is 0 Å². The van der Waals surface area contributed by atoms with Gasteiger partial charge in [0.2, 0.25) is 0 Å². The molecule has 0 aromatic heterocycles. The lowest BCUT2D eigenvalue weighted by atomic mass is 9.44. The number of aliphatic hydroxyl groups is 1. The summed E-state index contributed by atoms with van der Waals surface area (Å²) in [5.74, 6) is 3.24. The Morgan fingerprint density at radius 3 is 2.68 bits per heavy atom. The molecule has 3 fully saturated rings. The zero-order valence-corrected chi connectivity index (χ0v) is 20.0. The van der Waals surface area contributed by atoms with Crippen LogP contribution in [-0.2, 0) is 4.79 Å². The van der Waals surface area contributed by atoms with E-state index >= 15 is 0 Å². The summed E-state index contributed by atoms with van der Waals surface area (Å²) in [6, 6.07) is 2.35. The maximum atomic E-state index is 12.3. The molecule has 31 heavy (non-hydrogen) atoms. The fraction of sp³-hybridized carbons (Fsp3) is 0.857. The zero-order valence-electron chi connectivity index (χ0n) is 20.0. The van der Waals surface area contributed by atoms with Crippen LogP contribution in [0.25, 0.3) is 0 Å². The predicted molar refractivity (Wildman–Crippen MR) is 124 cm³/mol. The van der Waals surface area contributed by atoms with Crippen molar-refractivity contribution in [1.82, 2.24) is 0 Å². The van der Waals surface area contributed by atoms with Crippen molar-refractivity contribution in [2.24, 2.45) is 40.4 Å². The lowest BCUT2D eigenvalue weighted by Crippen LogP contribution is -2.54.